The molecule has 2 saturated heterocycles. The quantitative estimate of drug-likeness (QED) is 0.626. The molecule has 10 heteroatoms. The Kier molecular flexibility index (Phi) is 6.43. The van der Waals surface area contributed by atoms with E-state index in [9.17, 15) is 18.8 Å². The van der Waals surface area contributed by atoms with Gasteiger partial charge in [-0.3, -0.25) is 19.4 Å². The van der Waals surface area contributed by atoms with Crippen LogP contribution in [0.5, 0.6) is 0 Å². The predicted octanol–water partition coefficient (Wildman–Crippen LogP) is 3.50. The van der Waals surface area contributed by atoms with Crippen LogP contribution >= 0.6 is 22.9 Å². The van der Waals surface area contributed by atoms with Gasteiger partial charge in [-0.2, -0.15) is 0 Å². The fourth-order valence-electron chi connectivity index (χ4n) is 5.60. The lowest BCUT2D eigenvalue weighted by atomic mass is 9.75. The van der Waals surface area contributed by atoms with Crippen molar-refractivity contribution in [2.45, 2.75) is 55.5 Å². The van der Waals surface area contributed by atoms with E-state index in [4.69, 9.17) is 22.1 Å². The van der Waals surface area contributed by atoms with Gasteiger partial charge in [-0.15, -0.1) is 22.9 Å². The Balaban J connectivity index is 1.59. The number of thiophene rings is 1. The van der Waals surface area contributed by atoms with E-state index in [0.717, 1.165) is 49.6 Å². The van der Waals surface area contributed by atoms with Crippen molar-refractivity contribution in [3.8, 4) is 10.4 Å². The van der Waals surface area contributed by atoms with Crippen LogP contribution in [0.2, 0.25) is 0 Å². The molecule has 4 atom stereocenters. The first kappa shape index (κ1) is 23.4. The van der Waals surface area contributed by atoms with Gasteiger partial charge in [-0.1, -0.05) is 19.3 Å². The molecule has 2 N–H and O–H groups in total. The molecule has 0 bridgehead atoms. The molecule has 2 aromatic heterocycles. The van der Waals surface area contributed by atoms with Gasteiger partial charge in [0.15, 0.2) is 5.78 Å². The number of nitrogens with two attached hydrogens (primary N) is 1. The molecule has 2 aliphatic heterocycles. The normalized spacial score (nSPS) is 26.0. The van der Waals surface area contributed by atoms with Gasteiger partial charge in [0.1, 0.15) is 24.6 Å². The third-order valence-electron chi connectivity index (χ3n) is 7.15. The molecule has 5 rings (SSSR count). The van der Waals surface area contributed by atoms with Crippen molar-refractivity contribution in [1.82, 2.24) is 9.88 Å². The number of pyridine rings is 1. The Hall–Kier alpha value is -2.36. The number of alkyl halides is 1. The van der Waals surface area contributed by atoms with Crippen LogP contribution in [-0.4, -0.2) is 58.2 Å². The molecule has 34 heavy (non-hydrogen) atoms. The van der Waals surface area contributed by atoms with Crippen LogP contribution in [0.4, 0.5) is 4.39 Å². The van der Waals surface area contributed by atoms with E-state index in [0.29, 0.717) is 16.0 Å². The van der Waals surface area contributed by atoms with Crippen molar-refractivity contribution in [3.05, 3.63) is 40.8 Å². The SMILES string of the molecule is NC(=O)c1sc(-c2ccncc2F)cc1[C@@H](C(=O)N1C[C@H](Cl)[C@H]2OCC(=O)[C@H]21)C1CCCCC1. The summed E-state index contributed by atoms with van der Waals surface area (Å²) >= 11 is 7.52. The molecule has 2 aromatic rings. The molecule has 0 aromatic carbocycles. The highest BCUT2D eigenvalue weighted by Crippen LogP contribution is 2.45. The first-order chi connectivity index (χ1) is 16.4. The van der Waals surface area contributed by atoms with Crippen LogP contribution in [-0.2, 0) is 14.3 Å². The van der Waals surface area contributed by atoms with Crippen molar-refractivity contribution in [2.75, 3.05) is 13.2 Å². The van der Waals surface area contributed by atoms with Crippen LogP contribution in [0.15, 0.2) is 24.5 Å². The lowest BCUT2D eigenvalue weighted by Gasteiger charge is -2.34. The van der Waals surface area contributed by atoms with Gasteiger partial charge in [0, 0.05) is 23.2 Å². The number of carbonyl (C=O) groups excluding carboxylic acids is 3. The second kappa shape index (κ2) is 9.36. The first-order valence-electron chi connectivity index (χ1n) is 11.5. The van der Waals surface area contributed by atoms with E-state index in [1.165, 1.54) is 17.2 Å². The molecule has 0 spiro atoms. The second-order valence-corrected chi connectivity index (χ2v) is 10.8. The molecular formula is C24H25ClFN3O4S. The summed E-state index contributed by atoms with van der Waals surface area (Å²) < 4.78 is 20.1. The van der Waals surface area contributed by atoms with E-state index in [1.54, 1.807) is 6.07 Å². The largest absolute Gasteiger partial charge is 0.366 e. The zero-order chi connectivity index (χ0) is 24.0. The molecule has 0 unspecified atom stereocenters. The fraction of sp³-hybridized carbons (Fsp3) is 0.500. The standard InChI is InChI=1S/C24H25ClFN3O4S/c25-15-10-29(20-17(30)11-33-21(15)20)24(32)19(12-4-2-1-3-5-12)14-8-18(34-22(14)23(27)31)13-6-7-28-9-16(13)26/h6-9,12,15,19-21H,1-5,10-11H2,(H2,27,31)/t15-,19-,20+,21+/m0/s1. The summed E-state index contributed by atoms with van der Waals surface area (Å²) in [5, 5.41) is -0.480. The lowest BCUT2D eigenvalue weighted by molar-refractivity contribution is -0.139. The summed E-state index contributed by atoms with van der Waals surface area (Å²) in [6.07, 6.45) is 6.73. The Morgan fingerprint density at radius 2 is 2.06 bits per heavy atom. The van der Waals surface area contributed by atoms with Crippen LogP contribution in [0, 0.1) is 11.7 Å². The predicted molar refractivity (Wildman–Crippen MR) is 125 cm³/mol. The van der Waals surface area contributed by atoms with Gasteiger partial charge in [0.25, 0.3) is 5.91 Å². The van der Waals surface area contributed by atoms with Gasteiger partial charge < -0.3 is 15.4 Å². The zero-order valence-electron chi connectivity index (χ0n) is 18.4. The molecular weight excluding hydrogens is 481 g/mol. The fourth-order valence-corrected chi connectivity index (χ4v) is 7.04. The van der Waals surface area contributed by atoms with E-state index in [-0.39, 0.29) is 35.6 Å². The average molecular weight is 506 g/mol. The van der Waals surface area contributed by atoms with Crippen molar-refractivity contribution in [2.24, 2.45) is 11.7 Å². The van der Waals surface area contributed by atoms with Crippen LogP contribution < -0.4 is 5.73 Å². The zero-order valence-corrected chi connectivity index (χ0v) is 20.0. The van der Waals surface area contributed by atoms with Gasteiger partial charge >= 0.3 is 0 Å². The topological polar surface area (TPSA) is 103 Å². The minimum atomic E-state index is -0.714. The van der Waals surface area contributed by atoms with Crippen LogP contribution in [0.1, 0.15) is 53.3 Å². The molecule has 1 aliphatic carbocycles. The lowest BCUT2D eigenvalue weighted by Crippen LogP contribution is -2.46. The van der Waals surface area contributed by atoms with Crippen LogP contribution in [0.25, 0.3) is 10.4 Å². The molecule has 4 heterocycles. The molecule has 7 nitrogen and oxygen atoms in total. The number of ketones is 1. The number of hydrogen-bond donors (Lipinski definition) is 1. The van der Waals surface area contributed by atoms with Crippen LogP contribution in [0.3, 0.4) is 0 Å². The number of ether oxygens (including phenoxy) is 1. The summed E-state index contributed by atoms with van der Waals surface area (Å²) in [7, 11) is 0. The minimum Gasteiger partial charge on any atom is -0.366 e. The molecule has 2 amide bonds. The van der Waals surface area contributed by atoms with Crippen molar-refractivity contribution in [3.63, 3.8) is 0 Å². The smallest absolute Gasteiger partial charge is 0.259 e. The number of primary amides is 1. The van der Waals surface area contributed by atoms with Crippen molar-refractivity contribution >= 4 is 40.5 Å². The molecule has 0 radical (unpaired) electrons. The summed E-state index contributed by atoms with van der Waals surface area (Å²) in [4.78, 5) is 45.2. The maximum atomic E-state index is 14.5. The Bertz CT molecular complexity index is 1140. The maximum absolute atomic E-state index is 14.5. The highest BCUT2D eigenvalue weighted by Gasteiger charge is 2.53. The number of nitrogens with zero attached hydrogens (tertiary/aromatic N) is 2. The van der Waals surface area contributed by atoms with Crippen molar-refractivity contribution < 1.29 is 23.5 Å². The number of halogens is 2. The van der Waals surface area contributed by atoms with Crippen molar-refractivity contribution in [1.29, 1.82) is 0 Å². The highest BCUT2D eigenvalue weighted by atomic mass is 35.5. The number of likely N-dealkylation sites (tertiary alicyclic amines) is 1. The summed E-state index contributed by atoms with van der Waals surface area (Å²) in [5.74, 6) is -2.28. The minimum absolute atomic E-state index is 0.0191. The molecule has 180 valence electrons. The highest BCUT2D eigenvalue weighted by molar-refractivity contribution is 7.17. The number of fused-ring (bicyclic) bond motifs is 1. The van der Waals surface area contributed by atoms with E-state index in [1.807, 2.05) is 0 Å². The third kappa shape index (κ3) is 4.03. The average Bonchev–Trinajstić information content (AvgIpc) is 3.51. The number of carbonyl (C=O) groups is 3. The molecule has 3 aliphatic rings. The summed E-state index contributed by atoms with van der Waals surface area (Å²) in [5.41, 5.74) is 6.54. The van der Waals surface area contributed by atoms with Gasteiger partial charge in [0.2, 0.25) is 5.91 Å². The maximum Gasteiger partial charge on any atom is 0.259 e. The summed E-state index contributed by atoms with van der Waals surface area (Å²) in [6.45, 7) is 0.138. The number of aromatic nitrogens is 1. The van der Waals surface area contributed by atoms with E-state index >= 15 is 0 Å². The Labute approximate surface area is 205 Å². The summed E-state index contributed by atoms with van der Waals surface area (Å²) in [6, 6.07) is 2.53. The van der Waals surface area contributed by atoms with Gasteiger partial charge in [-0.25, -0.2) is 4.39 Å². The third-order valence-corrected chi connectivity index (χ3v) is 8.74. The number of amides is 2. The Morgan fingerprint density at radius 3 is 2.76 bits per heavy atom. The van der Waals surface area contributed by atoms with E-state index < -0.39 is 35.2 Å². The van der Waals surface area contributed by atoms with Gasteiger partial charge in [-0.05, 0) is 36.5 Å². The number of rotatable bonds is 5. The monoisotopic (exact) mass is 505 g/mol. The number of Topliss-reactive ketones (excluding diaryl/α,β-unsaturated/α-hetero) is 1. The second-order valence-electron chi connectivity index (χ2n) is 9.18. The first-order valence-corrected chi connectivity index (χ1v) is 12.7. The molecule has 3 fully saturated rings. The number of hydrogen-bond acceptors (Lipinski definition) is 6. The molecule has 1 saturated carbocycles. The van der Waals surface area contributed by atoms with Gasteiger partial charge in [0.05, 0.1) is 22.4 Å². The Morgan fingerprint density at radius 1 is 1.29 bits per heavy atom. The van der Waals surface area contributed by atoms with E-state index in [2.05, 4.69) is 4.98 Å².